The van der Waals surface area contributed by atoms with Gasteiger partial charge >= 0.3 is 0 Å². The van der Waals surface area contributed by atoms with E-state index in [0.717, 1.165) is 13.0 Å². The first-order valence-electron chi connectivity index (χ1n) is 7.06. The normalized spacial score (nSPS) is 22.4. The predicted octanol–water partition coefficient (Wildman–Crippen LogP) is 3.85. The number of halogens is 1. The van der Waals surface area contributed by atoms with Crippen LogP contribution in [0.4, 0.5) is 4.39 Å². The van der Waals surface area contributed by atoms with E-state index in [2.05, 4.69) is 13.8 Å². The van der Waals surface area contributed by atoms with Gasteiger partial charge in [-0.05, 0) is 36.8 Å². The Balaban J connectivity index is 2.07. The van der Waals surface area contributed by atoms with Gasteiger partial charge in [0, 0.05) is 23.5 Å². The summed E-state index contributed by atoms with van der Waals surface area (Å²) in [7, 11) is 0. The fourth-order valence-corrected chi connectivity index (χ4v) is 3.19. The van der Waals surface area contributed by atoms with Crippen LogP contribution >= 0.6 is 0 Å². The van der Waals surface area contributed by atoms with Crippen molar-refractivity contribution in [1.82, 2.24) is 4.90 Å². The Labute approximate surface area is 118 Å². The van der Waals surface area contributed by atoms with Gasteiger partial charge in [0.2, 0.25) is 0 Å². The Morgan fingerprint density at radius 2 is 1.85 bits per heavy atom. The number of carbonyl (C=O) groups excluding carboxylic acids is 1. The third-order valence-corrected chi connectivity index (χ3v) is 4.15. The Morgan fingerprint density at radius 1 is 1.15 bits per heavy atom. The molecule has 3 rings (SSSR count). The minimum absolute atomic E-state index is 0.0121. The second-order valence-corrected chi connectivity index (χ2v) is 5.79. The standard InChI is InChI=1S/C17H18FNO/c1-11-9-12(2)19(10-11)17(20)15-7-8-16(18)14-6-4-3-5-13(14)15/h3-8,11-12H,9-10H2,1-2H3. The molecule has 0 N–H and O–H groups in total. The van der Waals surface area contributed by atoms with Gasteiger partial charge in [0.05, 0.1) is 0 Å². The number of carbonyl (C=O) groups is 1. The van der Waals surface area contributed by atoms with Crippen LogP contribution in [-0.2, 0) is 0 Å². The zero-order valence-corrected chi connectivity index (χ0v) is 11.8. The van der Waals surface area contributed by atoms with Crippen LogP contribution in [0.3, 0.4) is 0 Å². The van der Waals surface area contributed by atoms with Crippen molar-refractivity contribution >= 4 is 16.7 Å². The zero-order chi connectivity index (χ0) is 14.3. The third-order valence-electron chi connectivity index (χ3n) is 4.15. The summed E-state index contributed by atoms with van der Waals surface area (Å²) < 4.78 is 13.8. The zero-order valence-electron chi connectivity index (χ0n) is 11.8. The van der Waals surface area contributed by atoms with Crippen LogP contribution in [0.5, 0.6) is 0 Å². The van der Waals surface area contributed by atoms with Gasteiger partial charge in [-0.2, -0.15) is 0 Å². The molecule has 0 spiro atoms. The van der Waals surface area contributed by atoms with Crippen LogP contribution in [0.2, 0.25) is 0 Å². The number of likely N-dealkylation sites (tertiary alicyclic amines) is 1. The first-order chi connectivity index (χ1) is 9.58. The van der Waals surface area contributed by atoms with Crippen molar-refractivity contribution in [2.75, 3.05) is 6.54 Å². The largest absolute Gasteiger partial charge is 0.336 e. The molecule has 0 aliphatic carbocycles. The second-order valence-electron chi connectivity index (χ2n) is 5.79. The molecule has 104 valence electrons. The lowest BCUT2D eigenvalue weighted by Gasteiger charge is -2.22. The molecule has 1 aliphatic rings. The first kappa shape index (κ1) is 13.1. The summed E-state index contributed by atoms with van der Waals surface area (Å²) in [4.78, 5) is 14.6. The van der Waals surface area contributed by atoms with Crippen LogP contribution < -0.4 is 0 Å². The Kier molecular flexibility index (Phi) is 3.20. The molecule has 1 aliphatic heterocycles. The van der Waals surface area contributed by atoms with Crippen LogP contribution in [0.1, 0.15) is 30.6 Å². The van der Waals surface area contributed by atoms with Crippen LogP contribution in [0, 0.1) is 11.7 Å². The monoisotopic (exact) mass is 271 g/mol. The van der Waals surface area contributed by atoms with Crippen LogP contribution in [0.25, 0.3) is 10.8 Å². The Bertz CT molecular complexity index is 667. The quantitative estimate of drug-likeness (QED) is 0.771. The molecule has 1 fully saturated rings. The van der Waals surface area contributed by atoms with E-state index in [1.165, 1.54) is 6.07 Å². The average molecular weight is 271 g/mol. The lowest BCUT2D eigenvalue weighted by Crippen LogP contribution is -2.34. The predicted molar refractivity (Wildman–Crippen MR) is 78.2 cm³/mol. The van der Waals surface area contributed by atoms with E-state index in [4.69, 9.17) is 0 Å². The van der Waals surface area contributed by atoms with E-state index >= 15 is 0 Å². The number of rotatable bonds is 1. The SMILES string of the molecule is CC1CC(C)N(C(=O)c2ccc(F)c3ccccc23)C1. The maximum absolute atomic E-state index is 13.8. The number of fused-ring (bicyclic) bond motifs is 1. The van der Waals surface area contributed by atoms with E-state index in [0.29, 0.717) is 22.3 Å². The maximum atomic E-state index is 13.8. The lowest BCUT2D eigenvalue weighted by atomic mass is 10.0. The van der Waals surface area contributed by atoms with E-state index in [9.17, 15) is 9.18 Å². The van der Waals surface area contributed by atoms with Crippen molar-refractivity contribution in [3.05, 3.63) is 47.8 Å². The molecular formula is C17H18FNO. The highest BCUT2D eigenvalue weighted by Gasteiger charge is 2.31. The van der Waals surface area contributed by atoms with Gasteiger partial charge in [-0.1, -0.05) is 31.2 Å². The smallest absolute Gasteiger partial charge is 0.254 e. The summed E-state index contributed by atoms with van der Waals surface area (Å²) in [6.07, 6.45) is 1.03. The second kappa shape index (κ2) is 4.89. The van der Waals surface area contributed by atoms with Gasteiger partial charge in [-0.15, -0.1) is 0 Å². The first-order valence-corrected chi connectivity index (χ1v) is 7.06. The number of benzene rings is 2. The molecule has 2 aromatic carbocycles. The Hall–Kier alpha value is -1.90. The molecule has 1 heterocycles. The summed E-state index contributed by atoms with van der Waals surface area (Å²) in [5.74, 6) is 0.263. The van der Waals surface area contributed by atoms with E-state index < -0.39 is 0 Å². The van der Waals surface area contributed by atoms with Crippen molar-refractivity contribution in [2.24, 2.45) is 5.92 Å². The van der Waals surface area contributed by atoms with Crippen molar-refractivity contribution in [3.63, 3.8) is 0 Å². The van der Waals surface area contributed by atoms with Crippen molar-refractivity contribution in [2.45, 2.75) is 26.3 Å². The van der Waals surface area contributed by atoms with E-state index in [-0.39, 0.29) is 17.8 Å². The minimum Gasteiger partial charge on any atom is -0.336 e. The summed E-state index contributed by atoms with van der Waals surface area (Å²) in [5, 5.41) is 1.21. The summed E-state index contributed by atoms with van der Waals surface area (Å²) in [6, 6.07) is 10.4. The topological polar surface area (TPSA) is 20.3 Å². The fraction of sp³-hybridized carbons (Fsp3) is 0.353. The van der Waals surface area contributed by atoms with Crippen LogP contribution in [0.15, 0.2) is 36.4 Å². The van der Waals surface area contributed by atoms with Gasteiger partial charge in [0.15, 0.2) is 0 Å². The van der Waals surface area contributed by atoms with E-state index in [1.54, 1.807) is 18.2 Å². The number of hydrogen-bond acceptors (Lipinski definition) is 1. The fourth-order valence-electron chi connectivity index (χ4n) is 3.19. The van der Waals surface area contributed by atoms with Gasteiger partial charge < -0.3 is 4.90 Å². The number of hydrogen-bond donors (Lipinski definition) is 0. The average Bonchev–Trinajstić information content (AvgIpc) is 2.78. The highest BCUT2D eigenvalue weighted by Crippen LogP contribution is 2.28. The molecule has 2 atom stereocenters. The van der Waals surface area contributed by atoms with Gasteiger partial charge in [0.1, 0.15) is 5.82 Å². The molecule has 0 radical (unpaired) electrons. The molecule has 0 saturated carbocycles. The molecule has 2 aromatic rings. The highest BCUT2D eigenvalue weighted by molar-refractivity contribution is 6.07. The molecular weight excluding hydrogens is 253 g/mol. The molecule has 0 bridgehead atoms. The molecule has 2 unspecified atom stereocenters. The lowest BCUT2D eigenvalue weighted by molar-refractivity contribution is 0.0746. The Morgan fingerprint density at radius 3 is 2.50 bits per heavy atom. The van der Waals surface area contributed by atoms with Crippen molar-refractivity contribution < 1.29 is 9.18 Å². The van der Waals surface area contributed by atoms with Gasteiger partial charge in [-0.25, -0.2) is 4.39 Å². The molecule has 0 aromatic heterocycles. The summed E-state index contributed by atoms with van der Waals surface area (Å²) in [5.41, 5.74) is 0.600. The van der Waals surface area contributed by atoms with E-state index in [1.807, 2.05) is 17.0 Å². The maximum Gasteiger partial charge on any atom is 0.254 e. The van der Waals surface area contributed by atoms with Crippen molar-refractivity contribution in [3.8, 4) is 0 Å². The molecule has 1 amide bonds. The minimum atomic E-state index is -0.278. The summed E-state index contributed by atoms with van der Waals surface area (Å²) >= 11 is 0. The number of nitrogens with zero attached hydrogens (tertiary/aromatic N) is 1. The van der Waals surface area contributed by atoms with Crippen LogP contribution in [-0.4, -0.2) is 23.4 Å². The van der Waals surface area contributed by atoms with Gasteiger partial charge in [-0.3, -0.25) is 4.79 Å². The number of amides is 1. The molecule has 3 heteroatoms. The molecule has 2 nitrogen and oxygen atoms in total. The molecule has 20 heavy (non-hydrogen) atoms. The summed E-state index contributed by atoms with van der Waals surface area (Å²) in [6.45, 7) is 5.02. The molecule has 1 saturated heterocycles. The highest BCUT2D eigenvalue weighted by atomic mass is 19.1. The third kappa shape index (κ3) is 2.07. The van der Waals surface area contributed by atoms with Gasteiger partial charge in [0.25, 0.3) is 5.91 Å². The van der Waals surface area contributed by atoms with Crippen molar-refractivity contribution in [1.29, 1.82) is 0 Å².